The normalized spacial score (nSPS) is 21.3. The Labute approximate surface area is 226 Å². The zero-order chi connectivity index (χ0) is 26.7. The highest BCUT2D eigenvalue weighted by molar-refractivity contribution is 14.1. The van der Waals surface area contributed by atoms with Crippen LogP contribution < -0.4 is 22.5 Å². The number of benzene rings is 1. The van der Waals surface area contributed by atoms with Crippen molar-refractivity contribution >= 4 is 46.5 Å². The van der Waals surface area contributed by atoms with Crippen LogP contribution in [0.2, 0.25) is 0 Å². The first kappa shape index (κ1) is 26.9. The second-order valence-electron chi connectivity index (χ2n) is 9.42. The summed E-state index contributed by atoms with van der Waals surface area (Å²) in [5, 5.41) is 2.98. The van der Waals surface area contributed by atoms with Crippen LogP contribution >= 0.6 is 22.6 Å². The number of primary amides is 1. The Hall–Kier alpha value is -3.10. The predicted molar refractivity (Wildman–Crippen MR) is 144 cm³/mol. The van der Waals surface area contributed by atoms with Gasteiger partial charge in [-0.1, -0.05) is 34.7 Å². The third kappa shape index (κ3) is 5.91. The van der Waals surface area contributed by atoms with E-state index in [0.717, 1.165) is 6.07 Å². The molecule has 10 nitrogen and oxygen atoms in total. The summed E-state index contributed by atoms with van der Waals surface area (Å²) in [4.78, 5) is 43.2. The smallest absolute Gasteiger partial charge is 0.327 e. The number of hydrogen-bond donors (Lipinski definition) is 4. The largest absolute Gasteiger partial charge is 0.383 e. The van der Waals surface area contributed by atoms with Gasteiger partial charge >= 0.3 is 17.8 Å². The number of nitrogen functional groups attached to an aromatic ring is 1. The quantitative estimate of drug-likeness (QED) is 0.386. The number of carbonyl (C=O) groups excluding carboxylic acids is 2. The monoisotopic (exact) mass is 629 g/mol. The number of aromatic amines is 1. The number of anilines is 1. The average molecular weight is 629 g/mol. The minimum Gasteiger partial charge on any atom is -0.383 e. The minimum atomic E-state index is -0.942. The number of piperidine rings is 1. The number of halogens is 3. The van der Waals surface area contributed by atoms with Gasteiger partial charge in [0.1, 0.15) is 5.82 Å². The van der Waals surface area contributed by atoms with Crippen molar-refractivity contribution in [3.63, 3.8) is 0 Å². The maximum absolute atomic E-state index is 14.4. The second-order valence-corrected chi connectivity index (χ2v) is 10.1. The van der Waals surface area contributed by atoms with E-state index >= 15 is 0 Å². The lowest BCUT2D eigenvalue weighted by Gasteiger charge is -2.34. The molecule has 2 fully saturated rings. The molecular formula is C24H30F2IN7O3. The highest BCUT2D eigenvalue weighted by Crippen LogP contribution is 2.30. The standard InChI is InChI=1S/C24H30F2IN7O3/c25-18-3-1-2-17(20(18)26)14-4-5-15(13-33(12-14)22(29)35)30-23(36)32-10-7-16(8-11-32)34-19(6-9-27)21(28)31-24(34)37/h1-3,6,9,14-16H,4-5,7-8,10-13,28H2,(H2,29,35)(H,30,36)(H,31,37)/b9-6-/t14-,15-/m1/s1. The van der Waals surface area contributed by atoms with Crippen LogP contribution in [0.4, 0.5) is 24.2 Å². The van der Waals surface area contributed by atoms with Crippen LogP contribution in [0.5, 0.6) is 0 Å². The molecule has 2 aliphatic heterocycles. The molecule has 0 aliphatic carbocycles. The zero-order valence-electron chi connectivity index (χ0n) is 20.1. The topological polar surface area (TPSA) is 142 Å². The van der Waals surface area contributed by atoms with Gasteiger partial charge in [0.15, 0.2) is 11.6 Å². The average Bonchev–Trinajstić information content (AvgIpc) is 3.02. The molecule has 2 atom stereocenters. The molecule has 200 valence electrons. The number of nitrogens with two attached hydrogens (primary N) is 2. The van der Waals surface area contributed by atoms with Gasteiger partial charge in [-0.15, -0.1) is 0 Å². The molecular weight excluding hydrogens is 599 g/mol. The summed E-state index contributed by atoms with van der Waals surface area (Å²) in [6, 6.07) is 2.54. The second kappa shape index (κ2) is 11.5. The molecule has 3 heterocycles. The summed E-state index contributed by atoms with van der Waals surface area (Å²) < 4.78 is 31.6. The number of carbonyl (C=O) groups is 2. The lowest BCUT2D eigenvalue weighted by Crippen LogP contribution is -2.52. The van der Waals surface area contributed by atoms with Gasteiger partial charge in [-0.2, -0.15) is 0 Å². The van der Waals surface area contributed by atoms with Gasteiger partial charge in [0.05, 0.1) is 5.69 Å². The van der Waals surface area contributed by atoms with Crippen molar-refractivity contribution in [2.24, 2.45) is 5.73 Å². The first-order chi connectivity index (χ1) is 17.7. The van der Waals surface area contributed by atoms with E-state index in [2.05, 4.69) is 32.9 Å². The van der Waals surface area contributed by atoms with Crippen LogP contribution in [0.3, 0.4) is 0 Å². The summed E-state index contributed by atoms with van der Waals surface area (Å²) in [5.74, 6) is -2.01. The summed E-state index contributed by atoms with van der Waals surface area (Å²) in [6.45, 7) is 1.18. The Kier molecular flexibility index (Phi) is 8.39. The van der Waals surface area contributed by atoms with Crippen LogP contribution in [-0.4, -0.2) is 63.6 Å². The number of imidazole rings is 1. The number of rotatable bonds is 4. The number of likely N-dealkylation sites (tertiary alicyclic amines) is 2. The van der Waals surface area contributed by atoms with E-state index < -0.39 is 29.6 Å². The molecule has 0 spiro atoms. The van der Waals surface area contributed by atoms with Crippen molar-refractivity contribution in [3.8, 4) is 0 Å². The van der Waals surface area contributed by atoms with Crippen LogP contribution in [0.25, 0.3) is 6.08 Å². The third-order valence-electron chi connectivity index (χ3n) is 7.14. The van der Waals surface area contributed by atoms with E-state index in [4.69, 9.17) is 11.5 Å². The predicted octanol–water partition coefficient (Wildman–Crippen LogP) is 3.12. The molecule has 0 bridgehead atoms. The number of hydrogen-bond acceptors (Lipinski definition) is 4. The first-order valence-corrected chi connectivity index (χ1v) is 13.3. The Morgan fingerprint density at radius 1 is 1.11 bits per heavy atom. The number of aromatic nitrogens is 2. The fourth-order valence-corrected chi connectivity index (χ4v) is 5.58. The lowest BCUT2D eigenvalue weighted by atomic mass is 9.93. The molecule has 1 aromatic carbocycles. The van der Waals surface area contributed by atoms with E-state index in [1.54, 1.807) is 19.6 Å². The fourth-order valence-electron chi connectivity index (χ4n) is 5.24. The molecule has 6 N–H and O–H groups in total. The molecule has 0 unspecified atom stereocenters. The van der Waals surface area contributed by atoms with E-state index in [1.165, 1.54) is 17.0 Å². The molecule has 13 heteroatoms. The van der Waals surface area contributed by atoms with Crippen molar-refractivity contribution in [2.45, 2.75) is 43.7 Å². The highest BCUT2D eigenvalue weighted by Gasteiger charge is 2.32. The van der Waals surface area contributed by atoms with Gasteiger partial charge in [0, 0.05) is 44.2 Å². The lowest BCUT2D eigenvalue weighted by molar-refractivity contribution is 0.163. The van der Waals surface area contributed by atoms with Gasteiger partial charge in [-0.05, 0) is 47.5 Å². The van der Waals surface area contributed by atoms with Gasteiger partial charge in [-0.25, -0.2) is 23.2 Å². The summed E-state index contributed by atoms with van der Waals surface area (Å²) in [5.41, 5.74) is 12.0. The molecule has 4 amide bonds. The van der Waals surface area contributed by atoms with Gasteiger partial charge < -0.3 is 26.6 Å². The zero-order valence-corrected chi connectivity index (χ0v) is 22.3. The number of H-pyrrole nitrogens is 1. The number of nitrogens with zero attached hydrogens (tertiary/aromatic N) is 3. The molecule has 37 heavy (non-hydrogen) atoms. The molecule has 1 aromatic heterocycles. The Bertz CT molecular complexity index is 1240. The van der Waals surface area contributed by atoms with Gasteiger partial charge in [-0.3, -0.25) is 9.55 Å². The Morgan fingerprint density at radius 2 is 1.84 bits per heavy atom. The molecule has 2 aliphatic rings. The Morgan fingerprint density at radius 3 is 2.51 bits per heavy atom. The van der Waals surface area contributed by atoms with Gasteiger partial charge in [0.25, 0.3) is 0 Å². The first-order valence-electron chi connectivity index (χ1n) is 12.1. The van der Waals surface area contributed by atoms with Gasteiger partial charge in [0.2, 0.25) is 0 Å². The van der Waals surface area contributed by atoms with Crippen LogP contribution in [0.1, 0.15) is 48.9 Å². The van der Waals surface area contributed by atoms with Crippen molar-refractivity contribution in [1.29, 1.82) is 0 Å². The fraction of sp³-hybridized carbons (Fsp3) is 0.458. The maximum atomic E-state index is 14.4. The summed E-state index contributed by atoms with van der Waals surface area (Å²) in [7, 11) is 0. The summed E-state index contributed by atoms with van der Waals surface area (Å²) in [6.07, 6.45) is 3.84. The van der Waals surface area contributed by atoms with Crippen molar-refractivity contribution in [2.75, 3.05) is 31.9 Å². The van der Waals surface area contributed by atoms with E-state index in [0.29, 0.717) is 50.3 Å². The molecule has 4 rings (SSSR count). The number of nitrogens with one attached hydrogen (secondary N) is 2. The molecule has 2 aromatic rings. The number of amides is 4. The van der Waals surface area contributed by atoms with Crippen LogP contribution in [-0.2, 0) is 0 Å². The van der Waals surface area contributed by atoms with E-state index in [9.17, 15) is 23.2 Å². The maximum Gasteiger partial charge on any atom is 0.327 e. The highest BCUT2D eigenvalue weighted by atomic mass is 127. The molecule has 0 saturated carbocycles. The minimum absolute atomic E-state index is 0.0992. The molecule has 0 radical (unpaired) electrons. The molecule has 2 saturated heterocycles. The summed E-state index contributed by atoms with van der Waals surface area (Å²) >= 11 is 2.06. The third-order valence-corrected chi connectivity index (χ3v) is 7.50. The Balaban J connectivity index is 1.39. The SMILES string of the molecule is NC(=O)N1C[C@H](NC(=O)N2CCC(n3c(/C=C\I)c(N)[nH]c3=O)CC2)CC[C@@H](c2cccc(F)c2F)C1. The number of urea groups is 2. The van der Waals surface area contributed by atoms with Crippen LogP contribution in [0.15, 0.2) is 27.1 Å². The van der Waals surface area contributed by atoms with Crippen molar-refractivity contribution in [1.82, 2.24) is 24.7 Å². The van der Waals surface area contributed by atoms with Crippen molar-refractivity contribution < 1.29 is 18.4 Å². The van der Waals surface area contributed by atoms with E-state index in [-0.39, 0.29) is 36.4 Å². The van der Waals surface area contributed by atoms with Crippen molar-refractivity contribution in [3.05, 3.63) is 55.7 Å². The van der Waals surface area contributed by atoms with E-state index in [1.807, 2.05) is 0 Å². The van der Waals surface area contributed by atoms with Crippen LogP contribution in [0, 0.1) is 11.6 Å².